The van der Waals surface area contributed by atoms with E-state index in [1.165, 1.54) is 0 Å². The molecule has 1 heterocycles. The fourth-order valence-corrected chi connectivity index (χ4v) is 2.95. The molecule has 0 saturated carbocycles. The van der Waals surface area contributed by atoms with E-state index in [0.717, 1.165) is 13.7 Å². The Morgan fingerprint density at radius 3 is 2.76 bits per heavy atom. The molecule has 0 atom stereocenters. The Labute approximate surface area is 122 Å². The number of halogens is 2. The molecule has 17 heavy (non-hydrogen) atoms. The molecular weight excluding hydrogens is 399 g/mol. The van der Waals surface area contributed by atoms with Crippen LogP contribution < -0.4 is 5.32 Å². The molecule has 0 unspecified atom stereocenters. The van der Waals surface area contributed by atoms with Crippen LogP contribution in [0.2, 0.25) is 0 Å². The standard InChI is InChI=1S/C11H12BrIN2O2/c12-9-7-8(13)1-2-10(9)14-11(16)15-3-5-17-6-4-15/h1-2,7H,3-6H2,(H,14,16). The van der Waals surface area contributed by atoms with Crippen LogP contribution in [0.4, 0.5) is 10.5 Å². The van der Waals surface area contributed by atoms with E-state index in [-0.39, 0.29) is 6.03 Å². The molecule has 0 spiro atoms. The largest absolute Gasteiger partial charge is 0.378 e. The van der Waals surface area contributed by atoms with Crippen LogP contribution in [0.5, 0.6) is 0 Å². The number of carbonyl (C=O) groups is 1. The summed E-state index contributed by atoms with van der Waals surface area (Å²) < 4.78 is 7.23. The van der Waals surface area contributed by atoms with Crippen LogP contribution in [-0.4, -0.2) is 37.2 Å². The summed E-state index contributed by atoms with van der Waals surface area (Å²) in [7, 11) is 0. The molecule has 1 fully saturated rings. The summed E-state index contributed by atoms with van der Waals surface area (Å²) in [6.07, 6.45) is 0. The molecule has 1 saturated heterocycles. The molecule has 0 radical (unpaired) electrons. The minimum absolute atomic E-state index is 0.0739. The van der Waals surface area contributed by atoms with Gasteiger partial charge in [-0.05, 0) is 56.7 Å². The minimum Gasteiger partial charge on any atom is -0.378 e. The van der Waals surface area contributed by atoms with Crippen LogP contribution in [0.3, 0.4) is 0 Å². The summed E-state index contributed by atoms with van der Waals surface area (Å²) in [6, 6.07) is 5.75. The Hall–Kier alpha value is -0.340. The Bertz CT molecular complexity index is 422. The highest BCUT2D eigenvalue weighted by atomic mass is 127. The molecule has 0 bridgehead atoms. The summed E-state index contributed by atoms with van der Waals surface area (Å²) in [6.45, 7) is 2.52. The number of amides is 2. The van der Waals surface area contributed by atoms with Crippen molar-refractivity contribution >= 4 is 50.2 Å². The Morgan fingerprint density at radius 1 is 1.41 bits per heavy atom. The average molecular weight is 411 g/mol. The van der Waals surface area contributed by atoms with Gasteiger partial charge in [0.15, 0.2) is 0 Å². The minimum atomic E-state index is -0.0739. The van der Waals surface area contributed by atoms with Crippen molar-refractivity contribution in [1.82, 2.24) is 4.90 Å². The number of carbonyl (C=O) groups excluding carboxylic acids is 1. The van der Waals surface area contributed by atoms with Gasteiger partial charge in [-0.15, -0.1) is 0 Å². The summed E-state index contributed by atoms with van der Waals surface area (Å²) in [4.78, 5) is 13.7. The van der Waals surface area contributed by atoms with Gasteiger partial charge in [-0.1, -0.05) is 0 Å². The molecule has 2 rings (SSSR count). The first kappa shape index (κ1) is 13.1. The third kappa shape index (κ3) is 3.56. The van der Waals surface area contributed by atoms with Gasteiger partial charge in [-0.2, -0.15) is 0 Å². The number of morpholine rings is 1. The molecule has 4 nitrogen and oxygen atoms in total. The van der Waals surface area contributed by atoms with Gasteiger partial charge in [0.2, 0.25) is 0 Å². The number of nitrogens with zero attached hydrogens (tertiary/aromatic N) is 1. The van der Waals surface area contributed by atoms with Crippen LogP contribution >= 0.6 is 38.5 Å². The fourth-order valence-electron chi connectivity index (χ4n) is 1.55. The number of rotatable bonds is 1. The fraction of sp³-hybridized carbons (Fsp3) is 0.364. The second-order valence-electron chi connectivity index (χ2n) is 3.65. The molecule has 1 aliphatic heterocycles. The Kier molecular flexibility index (Phi) is 4.63. The topological polar surface area (TPSA) is 41.6 Å². The molecule has 1 aliphatic rings. The van der Waals surface area contributed by atoms with E-state index >= 15 is 0 Å². The third-order valence-corrected chi connectivity index (χ3v) is 3.80. The van der Waals surface area contributed by atoms with Crippen molar-refractivity contribution in [2.45, 2.75) is 0 Å². The van der Waals surface area contributed by atoms with E-state index < -0.39 is 0 Å². The number of hydrogen-bond acceptors (Lipinski definition) is 2. The van der Waals surface area contributed by atoms with Crippen LogP contribution in [0, 0.1) is 3.57 Å². The lowest BCUT2D eigenvalue weighted by Crippen LogP contribution is -2.43. The third-order valence-electron chi connectivity index (χ3n) is 2.47. The normalized spacial score (nSPS) is 15.8. The van der Waals surface area contributed by atoms with Gasteiger partial charge in [0, 0.05) is 21.1 Å². The molecular formula is C11H12BrIN2O2. The first-order valence-corrected chi connectivity index (χ1v) is 7.13. The number of hydrogen-bond donors (Lipinski definition) is 1. The maximum Gasteiger partial charge on any atom is 0.322 e. The molecule has 0 aromatic heterocycles. The second kappa shape index (κ2) is 6.01. The number of nitrogens with one attached hydrogen (secondary N) is 1. The quantitative estimate of drug-likeness (QED) is 0.723. The van der Waals surface area contributed by atoms with E-state index in [0.29, 0.717) is 26.3 Å². The van der Waals surface area contributed by atoms with Gasteiger partial charge in [0.1, 0.15) is 0 Å². The van der Waals surface area contributed by atoms with Gasteiger partial charge >= 0.3 is 6.03 Å². The van der Waals surface area contributed by atoms with E-state index in [9.17, 15) is 4.79 Å². The molecule has 1 aromatic carbocycles. The maximum absolute atomic E-state index is 11.9. The van der Waals surface area contributed by atoms with Crippen LogP contribution in [0.25, 0.3) is 0 Å². The van der Waals surface area contributed by atoms with Crippen LogP contribution in [0.1, 0.15) is 0 Å². The molecule has 0 aliphatic carbocycles. The average Bonchev–Trinajstić information content (AvgIpc) is 2.34. The summed E-state index contributed by atoms with van der Waals surface area (Å²) in [5.41, 5.74) is 0.793. The van der Waals surface area contributed by atoms with Crippen LogP contribution in [0.15, 0.2) is 22.7 Å². The lowest BCUT2D eigenvalue weighted by molar-refractivity contribution is 0.0564. The number of anilines is 1. The highest BCUT2D eigenvalue weighted by Crippen LogP contribution is 2.24. The predicted octanol–water partition coefficient (Wildman–Crippen LogP) is 2.92. The van der Waals surface area contributed by atoms with Crippen molar-refractivity contribution in [3.05, 3.63) is 26.2 Å². The maximum atomic E-state index is 11.9. The Balaban J connectivity index is 2.02. The first-order chi connectivity index (χ1) is 8.16. The lowest BCUT2D eigenvalue weighted by atomic mass is 10.3. The molecule has 2 amide bonds. The summed E-state index contributed by atoms with van der Waals surface area (Å²) >= 11 is 5.67. The second-order valence-corrected chi connectivity index (χ2v) is 5.75. The summed E-state index contributed by atoms with van der Waals surface area (Å²) in [5, 5.41) is 2.89. The van der Waals surface area contributed by atoms with Crippen molar-refractivity contribution in [3.8, 4) is 0 Å². The molecule has 1 N–H and O–H groups in total. The molecule has 6 heteroatoms. The zero-order valence-corrected chi connectivity index (χ0v) is 12.8. The van der Waals surface area contributed by atoms with Crippen molar-refractivity contribution < 1.29 is 9.53 Å². The van der Waals surface area contributed by atoms with E-state index in [1.807, 2.05) is 18.2 Å². The van der Waals surface area contributed by atoms with Crippen LogP contribution in [-0.2, 0) is 4.74 Å². The lowest BCUT2D eigenvalue weighted by Gasteiger charge is -2.27. The number of benzene rings is 1. The zero-order chi connectivity index (χ0) is 12.3. The van der Waals surface area contributed by atoms with Crippen molar-refractivity contribution in [2.75, 3.05) is 31.6 Å². The SMILES string of the molecule is O=C(Nc1ccc(I)cc1Br)N1CCOCC1. The van der Waals surface area contributed by atoms with Gasteiger partial charge in [-0.3, -0.25) is 0 Å². The Morgan fingerprint density at radius 2 is 2.12 bits per heavy atom. The molecule has 92 valence electrons. The number of urea groups is 1. The van der Waals surface area contributed by atoms with Crippen molar-refractivity contribution in [2.24, 2.45) is 0 Å². The number of ether oxygens (including phenoxy) is 1. The van der Waals surface area contributed by atoms with Crippen molar-refractivity contribution in [1.29, 1.82) is 0 Å². The first-order valence-electron chi connectivity index (χ1n) is 5.25. The monoisotopic (exact) mass is 410 g/mol. The smallest absolute Gasteiger partial charge is 0.322 e. The highest BCUT2D eigenvalue weighted by molar-refractivity contribution is 14.1. The van der Waals surface area contributed by atoms with E-state index in [4.69, 9.17) is 4.74 Å². The van der Waals surface area contributed by atoms with Gasteiger partial charge < -0.3 is 15.0 Å². The summed E-state index contributed by atoms with van der Waals surface area (Å²) in [5.74, 6) is 0. The highest BCUT2D eigenvalue weighted by Gasteiger charge is 2.17. The predicted molar refractivity (Wildman–Crippen MR) is 78.3 cm³/mol. The van der Waals surface area contributed by atoms with E-state index in [2.05, 4.69) is 43.8 Å². The molecule has 1 aromatic rings. The van der Waals surface area contributed by atoms with Gasteiger partial charge in [-0.25, -0.2) is 4.79 Å². The zero-order valence-electron chi connectivity index (χ0n) is 9.08. The van der Waals surface area contributed by atoms with Gasteiger partial charge in [0.25, 0.3) is 0 Å². The van der Waals surface area contributed by atoms with Gasteiger partial charge in [0.05, 0.1) is 18.9 Å². The van der Waals surface area contributed by atoms with E-state index in [1.54, 1.807) is 4.90 Å². The van der Waals surface area contributed by atoms with Crippen molar-refractivity contribution in [3.63, 3.8) is 0 Å².